The maximum absolute atomic E-state index is 14.1. The minimum absolute atomic E-state index is 0.00107. The number of nitrogens with one attached hydrogen (secondary N) is 1. The monoisotopic (exact) mass is 788 g/mol. The number of thioether (sulfide) groups is 1. The molecule has 4 heterocycles. The number of nitrogens with two attached hydrogens (primary N) is 1. The molecule has 3 aromatic carbocycles. The first kappa shape index (κ1) is 37.4. The lowest BCUT2D eigenvalue weighted by Crippen LogP contribution is -2.71. The SMILES string of the molecule is Nc1nc(C(=NOC(c2ccccc2)(c2ccccc2)c2ccccc2)C(=O)NC2C(=O)N3C(C(=O)O)=C(C=C4CCN(CC(F)(F)F)C4=O)CSC23)cs1. The Hall–Kier alpha value is -5.94. The van der Waals surface area contributed by atoms with Crippen molar-refractivity contribution in [3.05, 3.63) is 142 Å². The number of hydrogen-bond acceptors (Lipinski definition) is 10. The first-order chi connectivity index (χ1) is 26.4. The van der Waals surface area contributed by atoms with Gasteiger partial charge in [-0.3, -0.25) is 19.3 Å². The summed E-state index contributed by atoms with van der Waals surface area (Å²) in [6.07, 6.45) is -3.36. The number of nitrogen functional groups attached to an aromatic ring is 1. The Kier molecular flexibility index (Phi) is 10.2. The Balaban J connectivity index is 1.20. The first-order valence-corrected chi connectivity index (χ1v) is 18.7. The van der Waals surface area contributed by atoms with Gasteiger partial charge >= 0.3 is 12.1 Å². The van der Waals surface area contributed by atoms with Gasteiger partial charge in [-0.2, -0.15) is 13.2 Å². The van der Waals surface area contributed by atoms with Gasteiger partial charge in [-0.25, -0.2) is 9.78 Å². The molecule has 1 aromatic heterocycles. The van der Waals surface area contributed by atoms with Crippen LogP contribution in [0.15, 0.2) is 124 Å². The second-order valence-electron chi connectivity index (χ2n) is 12.7. The number of rotatable bonds is 11. The average molecular weight is 789 g/mol. The van der Waals surface area contributed by atoms with E-state index in [4.69, 9.17) is 10.6 Å². The van der Waals surface area contributed by atoms with Crippen molar-refractivity contribution in [3.8, 4) is 0 Å². The molecule has 3 amide bonds. The van der Waals surface area contributed by atoms with Crippen LogP contribution in [0.25, 0.3) is 0 Å². The van der Waals surface area contributed by atoms with E-state index in [1.54, 1.807) is 0 Å². The Morgan fingerprint density at radius 3 is 2.07 bits per heavy atom. The minimum atomic E-state index is -4.59. The summed E-state index contributed by atoms with van der Waals surface area (Å²) in [6, 6.07) is 26.7. The van der Waals surface area contributed by atoms with Crippen molar-refractivity contribution >= 4 is 57.6 Å². The molecule has 55 heavy (non-hydrogen) atoms. The molecular weight excluding hydrogens is 758 g/mol. The fourth-order valence-corrected chi connectivity index (χ4v) is 8.59. The number of hydrogen-bond donors (Lipinski definition) is 3. The number of thiazole rings is 1. The van der Waals surface area contributed by atoms with Crippen molar-refractivity contribution in [2.45, 2.75) is 29.6 Å². The van der Waals surface area contributed by atoms with Gasteiger partial charge in [0.15, 0.2) is 10.8 Å². The molecule has 7 rings (SSSR count). The van der Waals surface area contributed by atoms with Crippen molar-refractivity contribution in [1.82, 2.24) is 20.1 Å². The van der Waals surface area contributed by atoms with Crippen LogP contribution < -0.4 is 11.1 Å². The molecule has 3 aliphatic rings. The zero-order valence-corrected chi connectivity index (χ0v) is 30.2. The number of halogens is 3. The van der Waals surface area contributed by atoms with Crippen LogP contribution in [0.2, 0.25) is 0 Å². The minimum Gasteiger partial charge on any atom is -0.477 e. The van der Waals surface area contributed by atoms with Crippen LogP contribution in [0, 0.1) is 0 Å². The number of anilines is 1. The molecule has 2 atom stereocenters. The lowest BCUT2D eigenvalue weighted by atomic mass is 9.80. The molecule has 0 radical (unpaired) electrons. The highest BCUT2D eigenvalue weighted by atomic mass is 32.2. The van der Waals surface area contributed by atoms with Crippen LogP contribution in [0.5, 0.6) is 0 Å². The van der Waals surface area contributed by atoms with Crippen molar-refractivity contribution in [2.75, 3.05) is 24.6 Å². The molecule has 2 fully saturated rings. The predicted molar refractivity (Wildman–Crippen MR) is 198 cm³/mol. The van der Waals surface area contributed by atoms with Crippen LogP contribution in [0.4, 0.5) is 18.3 Å². The van der Waals surface area contributed by atoms with Crippen LogP contribution in [-0.2, 0) is 29.6 Å². The van der Waals surface area contributed by atoms with Gasteiger partial charge in [0.2, 0.25) is 11.5 Å². The van der Waals surface area contributed by atoms with Gasteiger partial charge in [0.05, 0.1) is 0 Å². The highest BCUT2D eigenvalue weighted by Crippen LogP contribution is 2.43. The van der Waals surface area contributed by atoms with E-state index in [1.165, 1.54) is 11.5 Å². The van der Waals surface area contributed by atoms with Crippen LogP contribution >= 0.6 is 23.1 Å². The van der Waals surface area contributed by atoms with E-state index >= 15 is 0 Å². The number of fused-ring (bicyclic) bond motifs is 1. The second kappa shape index (κ2) is 15.1. The standard InChI is InChI=1S/C38H31F3N6O6S2/c39-37(40,41)21-46-17-16-22(32(46)49)18-23-19-54-34-29(33(50)47(34)30(23)35(51)52)44-31(48)28(27-20-55-36(42)43-27)45-53-38(24-10-4-1-5-11-24,25-12-6-2-7-13-25)26-14-8-3-9-15-26/h1-15,18,20,29,34H,16-17,19,21H2,(H2,42,43)(H,44,48)(H,51,52). The molecule has 0 saturated carbocycles. The van der Waals surface area contributed by atoms with E-state index in [-0.39, 0.29) is 46.4 Å². The van der Waals surface area contributed by atoms with E-state index in [2.05, 4.69) is 15.5 Å². The Labute approximate surface area is 320 Å². The summed E-state index contributed by atoms with van der Waals surface area (Å²) in [5.41, 5.74) is 6.14. The molecular formula is C38H31F3N6O6S2. The largest absolute Gasteiger partial charge is 0.477 e. The van der Waals surface area contributed by atoms with E-state index in [0.717, 1.165) is 28.0 Å². The number of carbonyl (C=O) groups is 4. The number of β-lactam (4-membered cyclic amide) rings is 1. The van der Waals surface area contributed by atoms with Crippen LogP contribution in [0.1, 0.15) is 28.8 Å². The van der Waals surface area contributed by atoms with Crippen LogP contribution in [0.3, 0.4) is 0 Å². The Bertz CT molecular complexity index is 2130. The third-order valence-corrected chi connectivity index (χ3v) is 11.2. The lowest BCUT2D eigenvalue weighted by molar-refractivity contribution is -0.156. The summed E-state index contributed by atoms with van der Waals surface area (Å²) < 4.78 is 38.9. The maximum atomic E-state index is 14.1. The predicted octanol–water partition coefficient (Wildman–Crippen LogP) is 4.90. The summed E-state index contributed by atoms with van der Waals surface area (Å²) in [7, 11) is 0. The summed E-state index contributed by atoms with van der Waals surface area (Å²) >= 11 is 2.19. The number of carbonyl (C=O) groups excluding carboxylic acids is 3. The number of alkyl halides is 3. The number of oxime groups is 1. The number of allylic oxidation sites excluding steroid dienone is 1. The maximum Gasteiger partial charge on any atom is 0.406 e. The third kappa shape index (κ3) is 7.32. The summed E-state index contributed by atoms with van der Waals surface area (Å²) in [6.45, 7) is -1.60. The summed E-state index contributed by atoms with van der Waals surface area (Å²) in [5, 5.41) is 18.1. The molecule has 17 heteroatoms. The van der Waals surface area contributed by atoms with E-state index in [0.29, 0.717) is 21.6 Å². The smallest absolute Gasteiger partial charge is 0.406 e. The number of nitrogens with zero attached hydrogens (tertiary/aromatic N) is 4. The average Bonchev–Trinajstić information content (AvgIpc) is 3.76. The quantitative estimate of drug-likeness (QED) is 0.0630. The number of aliphatic carboxylic acids is 1. The van der Waals surface area contributed by atoms with Gasteiger partial charge in [0.25, 0.3) is 11.8 Å². The van der Waals surface area contributed by atoms with Crippen molar-refractivity contribution in [3.63, 3.8) is 0 Å². The fourth-order valence-electron chi connectivity index (χ4n) is 6.73. The Morgan fingerprint density at radius 1 is 0.982 bits per heavy atom. The first-order valence-electron chi connectivity index (χ1n) is 16.8. The van der Waals surface area contributed by atoms with Gasteiger partial charge in [-0.15, -0.1) is 23.1 Å². The number of carboxylic acids is 1. The van der Waals surface area contributed by atoms with Gasteiger partial charge in [-0.05, 0) is 18.1 Å². The molecule has 12 nitrogen and oxygen atoms in total. The van der Waals surface area contributed by atoms with E-state index in [1.807, 2.05) is 91.0 Å². The molecule has 2 saturated heterocycles. The molecule has 282 valence electrons. The van der Waals surface area contributed by atoms with Gasteiger partial charge in [0.1, 0.15) is 29.4 Å². The van der Waals surface area contributed by atoms with Crippen LogP contribution in [-0.4, -0.2) is 85.7 Å². The van der Waals surface area contributed by atoms with Gasteiger partial charge < -0.3 is 25.9 Å². The molecule has 0 aliphatic carbocycles. The molecule has 3 aliphatic heterocycles. The number of likely N-dealkylation sites (tertiary alicyclic amines) is 1. The molecule has 4 N–H and O–H groups in total. The van der Waals surface area contributed by atoms with Gasteiger partial charge in [0, 0.05) is 39.9 Å². The lowest BCUT2D eigenvalue weighted by Gasteiger charge is -2.49. The van der Waals surface area contributed by atoms with E-state index < -0.39 is 59.1 Å². The molecule has 4 aromatic rings. The van der Waals surface area contributed by atoms with Crippen molar-refractivity contribution in [2.24, 2.45) is 5.16 Å². The van der Waals surface area contributed by atoms with E-state index in [9.17, 15) is 37.5 Å². The normalized spacial score (nSPS) is 19.7. The highest BCUT2D eigenvalue weighted by molar-refractivity contribution is 8.00. The van der Waals surface area contributed by atoms with Crippen molar-refractivity contribution in [1.29, 1.82) is 0 Å². The topological polar surface area (TPSA) is 168 Å². The fraction of sp³-hybridized carbons (Fsp3) is 0.211. The summed E-state index contributed by atoms with van der Waals surface area (Å²) in [5.74, 6) is -3.92. The molecule has 2 unspecified atom stereocenters. The van der Waals surface area contributed by atoms with Gasteiger partial charge in [-0.1, -0.05) is 96.2 Å². The molecule has 0 bridgehead atoms. The number of aromatic nitrogens is 1. The number of benzene rings is 3. The third-order valence-electron chi connectivity index (χ3n) is 9.21. The highest BCUT2D eigenvalue weighted by Gasteiger charge is 2.54. The zero-order valence-electron chi connectivity index (χ0n) is 28.6. The summed E-state index contributed by atoms with van der Waals surface area (Å²) in [4.78, 5) is 65.4. The number of carboxylic acid groups (broad SMARTS) is 1. The number of amides is 3. The second-order valence-corrected chi connectivity index (χ2v) is 14.7. The van der Waals surface area contributed by atoms with Crippen molar-refractivity contribution < 1.29 is 42.3 Å². The zero-order chi connectivity index (χ0) is 38.9. The molecule has 0 spiro atoms. The Morgan fingerprint density at radius 2 is 1.56 bits per heavy atom.